The number of H-pyrrole nitrogens is 1. The first-order chi connectivity index (χ1) is 13.3. The Bertz CT molecular complexity index is 1050. The molecule has 0 atom stereocenters. The van der Waals surface area contributed by atoms with Crippen molar-refractivity contribution in [2.45, 2.75) is 12.8 Å². The molecule has 2 aromatic heterocycles. The van der Waals surface area contributed by atoms with Crippen LogP contribution in [-0.2, 0) is 0 Å². The van der Waals surface area contributed by atoms with E-state index in [1.807, 2.05) is 6.07 Å². The number of para-hydroxylation sites is 2. The number of rotatable bonds is 8. The zero-order valence-corrected chi connectivity index (χ0v) is 15.8. The zero-order chi connectivity index (χ0) is 18.6. The first kappa shape index (κ1) is 17.8. The largest absolute Gasteiger partial charge is 0.369 e. The van der Waals surface area contributed by atoms with E-state index in [2.05, 4.69) is 64.7 Å². The molecule has 5 heteroatoms. The third kappa shape index (κ3) is 3.61. The third-order valence-corrected chi connectivity index (χ3v) is 5.10. The van der Waals surface area contributed by atoms with Crippen LogP contribution in [0.1, 0.15) is 12.8 Å². The van der Waals surface area contributed by atoms with Crippen LogP contribution in [-0.4, -0.2) is 48.1 Å². The van der Waals surface area contributed by atoms with Gasteiger partial charge in [-0.05, 0) is 51.7 Å². The van der Waals surface area contributed by atoms with E-state index in [0.717, 1.165) is 66.8 Å². The average Bonchev–Trinajstić information content (AvgIpc) is 3.09. The molecule has 27 heavy (non-hydrogen) atoms. The molecular weight excluding hydrogens is 334 g/mol. The van der Waals surface area contributed by atoms with Crippen molar-refractivity contribution < 1.29 is 0 Å². The van der Waals surface area contributed by atoms with Gasteiger partial charge in [0.05, 0.1) is 16.4 Å². The van der Waals surface area contributed by atoms with Gasteiger partial charge >= 0.3 is 0 Å². The molecule has 4 aromatic rings. The zero-order valence-electron chi connectivity index (χ0n) is 15.8. The van der Waals surface area contributed by atoms with Crippen LogP contribution in [0.15, 0.2) is 48.5 Å². The van der Waals surface area contributed by atoms with E-state index in [4.69, 9.17) is 10.7 Å². The lowest BCUT2D eigenvalue weighted by molar-refractivity contribution is 0.330. The van der Waals surface area contributed by atoms with E-state index < -0.39 is 0 Å². The van der Waals surface area contributed by atoms with Gasteiger partial charge in [-0.3, -0.25) is 0 Å². The number of aromatic amines is 1. The highest BCUT2D eigenvalue weighted by atomic mass is 15.1. The van der Waals surface area contributed by atoms with Crippen molar-refractivity contribution in [2.24, 2.45) is 5.73 Å². The average molecular weight is 361 g/mol. The fourth-order valence-corrected chi connectivity index (χ4v) is 3.71. The monoisotopic (exact) mass is 361 g/mol. The Morgan fingerprint density at radius 1 is 1.00 bits per heavy atom. The molecule has 140 valence electrons. The van der Waals surface area contributed by atoms with Crippen molar-refractivity contribution in [3.63, 3.8) is 0 Å². The predicted octanol–water partition coefficient (Wildman–Crippen LogP) is 3.95. The number of aromatic nitrogens is 2. The van der Waals surface area contributed by atoms with Crippen molar-refractivity contribution in [2.75, 3.05) is 38.5 Å². The number of nitrogens with zero attached hydrogens (tertiary/aromatic N) is 2. The van der Waals surface area contributed by atoms with E-state index in [1.165, 1.54) is 10.8 Å². The summed E-state index contributed by atoms with van der Waals surface area (Å²) in [5.74, 6) is 0.964. The molecule has 0 bridgehead atoms. The summed E-state index contributed by atoms with van der Waals surface area (Å²) in [5, 5.41) is 7.15. The number of benzene rings is 2. The minimum Gasteiger partial charge on any atom is -0.369 e. The molecule has 0 aliphatic rings. The Morgan fingerprint density at radius 2 is 1.74 bits per heavy atom. The van der Waals surface area contributed by atoms with Gasteiger partial charge in [-0.2, -0.15) is 0 Å². The van der Waals surface area contributed by atoms with E-state index in [0.29, 0.717) is 0 Å². The van der Waals surface area contributed by atoms with Crippen LogP contribution in [0.25, 0.3) is 32.7 Å². The summed E-state index contributed by atoms with van der Waals surface area (Å²) < 4.78 is 0. The number of fused-ring (bicyclic) bond motifs is 5. The predicted molar refractivity (Wildman–Crippen MR) is 115 cm³/mol. The Kier molecular flexibility index (Phi) is 5.23. The first-order valence-electron chi connectivity index (χ1n) is 9.69. The Hall–Kier alpha value is -2.63. The third-order valence-electron chi connectivity index (χ3n) is 5.10. The Balaban J connectivity index is 1.63. The number of hydrogen-bond donors (Lipinski definition) is 3. The van der Waals surface area contributed by atoms with Crippen molar-refractivity contribution in [3.8, 4) is 0 Å². The van der Waals surface area contributed by atoms with Gasteiger partial charge in [-0.1, -0.05) is 36.4 Å². The number of anilines is 1. The molecule has 0 radical (unpaired) electrons. The van der Waals surface area contributed by atoms with Crippen LogP contribution in [0.4, 0.5) is 5.82 Å². The summed E-state index contributed by atoms with van der Waals surface area (Å²) in [4.78, 5) is 10.9. The van der Waals surface area contributed by atoms with Crippen molar-refractivity contribution >= 4 is 38.5 Å². The minimum absolute atomic E-state index is 0.752. The van der Waals surface area contributed by atoms with Gasteiger partial charge < -0.3 is 20.9 Å². The van der Waals surface area contributed by atoms with Crippen LogP contribution in [0.5, 0.6) is 0 Å². The fourth-order valence-electron chi connectivity index (χ4n) is 3.71. The highest BCUT2D eigenvalue weighted by molar-refractivity contribution is 6.20. The molecule has 0 unspecified atom stereocenters. The standard InChI is InChI=1S/C22H27N5/c1-27(14-6-12-23)15-7-13-24-22-20-16-8-2-4-10-18(16)25-21(20)17-9-3-5-11-19(17)26-22/h2-5,8-11,25H,6-7,12-15,23H2,1H3,(H,24,26). The molecule has 0 aliphatic carbocycles. The second-order valence-electron chi connectivity index (χ2n) is 7.12. The molecule has 5 nitrogen and oxygen atoms in total. The van der Waals surface area contributed by atoms with Gasteiger partial charge in [0.2, 0.25) is 0 Å². The summed E-state index contributed by atoms with van der Waals surface area (Å²) in [6, 6.07) is 16.8. The summed E-state index contributed by atoms with van der Waals surface area (Å²) in [7, 11) is 2.15. The fraction of sp³-hybridized carbons (Fsp3) is 0.318. The molecule has 2 aromatic carbocycles. The maximum Gasteiger partial charge on any atom is 0.136 e. The molecule has 0 aliphatic heterocycles. The Morgan fingerprint density at radius 3 is 2.59 bits per heavy atom. The molecule has 2 heterocycles. The number of pyridine rings is 1. The molecule has 4 rings (SSSR count). The van der Waals surface area contributed by atoms with Crippen LogP contribution in [0.2, 0.25) is 0 Å². The second-order valence-corrected chi connectivity index (χ2v) is 7.12. The van der Waals surface area contributed by atoms with Gasteiger partial charge in [-0.25, -0.2) is 4.98 Å². The maximum atomic E-state index is 5.59. The lowest BCUT2D eigenvalue weighted by Gasteiger charge is -2.16. The van der Waals surface area contributed by atoms with E-state index in [1.54, 1.807) is 0 Å². The normalized spacial score (nSPS) is 11.8. The quantitative estimate of drug-likeness (QED) is 0.416. The van der Waals surface area contributed by atoms with Gasteiger partial charge in [0, 0.05) is 22.8 Å². The summed E-state index contributed by atoms with van der Waals surface area (Å²) >= 11 is 0. The maximum absolute atomic E-state index is 5.59. The van der Waals surface area contributed by atoms with Crippen LogP contribution < -0.4 is 11.1 Å². The molecular formula is C22H27N5. The van der Waals surface area contributed by atoms with Crippen molar-refractivity contribution in [1.29, 1.82) is 0 Å². The SMILES string of the molecule is CN(CCCN)CCCNc1nc2ccccc2c2[nH]c3ccccc3c12. The highest BCUT2D eigenvalue weighted by Crippen LogP contribution is 2.34. The topological polar surface area (TPSA) is 70.0 Å². The number of nitrogens with one attached hydrogen (secondary N) is 2. The number of nitrogens with two attached hydrogens (primary N) is 1. The van der Waals surface area contributed by atoms with Gasteiger partial charge in [0.1, 0.15) is 5.82 Å². The van der Waals surface area contributed by atoms with Crippen LogP contribution in [0, 0.1) is 0 Å². The highest BCUT2D eigenvalue weighted by Gasteiger charge is 2.13. The van der Waals surface area contributed by atoms with Gasteiger partial charge in [-0.15, -0.1) is 0 Å². The molecule has 0 saturated heterocycles. The molecule has 0 spiro atoms. The molecule has 0 amide bonds. The van der Waals surface area contributed by atoms with Crippen LogP contribution in [0.3, 0.4) is 0 Å². The molecule has 4 N–H and O–H groups in total. The second kappa shape index (κ2) is 7.94. The van der Waals surface area contributed by atoms with E-state index in [9.17, 15) is 0 Å². The van der Waals surface area contributed by atoms with Gasteiger partial charge in [0.25, 0.3) is 0 Å². The van der Waals surface area contributed by atoms with Crippen LogP contribution >= 0.6 is 0 Å². The first-order valence-corrected chi connectivity index (χ1v) is 9.69. The molecule has 0 fully saturated rings. The summed E-state index contributed by atoms with van der Waals surface area (Å²) in [6.45, 7) is 3.75. The van der Waals surface area contributed by atoms with Crippen molar-refractivity contribution in [1.82, 2.24) is 14.9 Å². The number of hydrogen-bond acceptors (Lipinski definition) is 4. The smallest absolute Gasteiger partial charge is 0.136 e. The minimum atomic E-state index is 0.752. The lowest BCUT2D eigenvalue weighted by Crippen LogP contribution is -2.24. The van der Waals surface area contributed by atoms with E-state index in [-0.39, 0.29) is 0 Å². The lowest BCUT2D eigenvalue weighted by atomic mass is 10.1. The summed E-state index contributed by atoms with van der Waals surface area (Å²) in [6.07, 6.45) is 2.12. The van der Waals surface area contributed by atoms with E-state index >= 15 is 0 Å². The summed E-state index contributed by atoms with van der Waals surface area (Å²) in [5.41, 5.74) is 8.91. The van der Waals surface area contributed by atoms with Crippen molar-refractivity contribution in [3.05, 3.63) is 48.5 Å². The Labute approximate surface area is 159 Å². The van der Waals surface area contributed by atoms with Gasteiger partial charge in [0.15, 0.2) is 0 Å². The molecule has 0 saturated carbocycles.